The summed E-state index contributed by atoms with van der Waals surface area (Å²) in [4.78, 5) is 28.4. The quantitative estimate of drug-likeness (QED) is 0.861. The fourth-order valence-electron chi connectivity index (χ4n) is 2.76. The monoisotopic (exact) mass is 347 g/mol. The third-order valence-electron chi connectivity index (χ3n) is 4.17. The standard InChI is InChI=1S/C19H29N3O3/c1-3-10-20-19(24)22-12-5-11-21(13-14-22)18(23)16-6-8-17(9-7-16)25-15-4-2/h6-9H,3-5,10-15H2,1-2H3,(H,20,24). The van der Waals surface area contributed by atoms with Crippen LogP contribution in [0.4, 0.5) is 4.79 Å². The Balaban J connectivity index is 1.90. The highest BCUT2D eigenvalue weighted by Gasteiger charge is 2.22. The molecule has 25 heavy (non-hydrogen) atoms. The lowest BCUT2D eigenvalue weighted by molar-refractivity contribution is 0.0762. The van der Waals surface area contributed by atoms with Crippen molar-refractivity contribution in [2.75, 3.05) is 39.3 Å². The molecule has 0 aromatic heterocycles. The van der Waals surface area contributed by atoms with E-state index in [4.69, 9.17) is 4.74 Å². The second-order valence-corrected chi connectivity index (χ2v) is 6.24. The van der Waals surface area contributed by atoms with Crippen LogP contribution in [0.5, 0.6) is 5.75 Å². The average molecular weight is 347 g/mol. The number of urea groups is 1. The lowest BCUT2D eigenvalue weighted by atomic mass is 10.2. The summed E-state index contributed by atoms with van der Waals surface area (Å²) in [6.07, 6.45) is 2.67. The number of hydrogen-bond acceptors (Lipinski definition) is 3. The molecule has 1 aliphatic rings. The number of nitrogens with zero attached hydrogens (tertiary/aromatic N) is 2. The van der Waals surface area contributed by atoms with E-state index in [-0.39, 0.29) is 11.9 Å². The van der Waals surface area contributed by atoms with Gasteiger partial charge in [-0.2, -0.15) is 0 Å². The molecule has 0 atom stereocenters. The Bertz CT molecular complexity index is 560. The minimum absolute atomic E-state index is 0.0119. The fourth-order valence-corrected chi connectivity index (χ4v) is 2.76. The van der Waals surface area contributed by atoms with Crippen molar-refractivity contribution in [2.45, 2.75) is 33.1 Å². The Morgan fingerprint density at radius 1 is 1.00 bits per heavy atom. The molecule has 1 saturated heterocycles. The fraction of sp³-hybridized carbons (Fsp3) is 0.579. The van der Waals surface area contributed by atoms with Crippen LogP contribution in [0.3, 0.4) is 0 Å². The van der Waals surface area contributed by atoms with Gasteiger partial charge in [-0.25, -0.2) is 4.79 Å². The molecule has 6 heteroatoms. The van der Waals surface area contributed by atoms with Gasteiger partial charge in [0.1, 0.15) is 5.75 Å². The highest BCUT2D eigenvalue weighted by atomic mass is 16.5. The van der Waals surface area contributed by atoms with E-state index in [0.717, 1.165) is 25.0 Å². The number of benzene rings is 1. The first-order chi connectivity index (χ1) is 12.2. The van der Waals surface area contributed by atoms with Gasteiger partial charge >= 0.3 is 6.03 Å². The van der Waals surface area contributed by atoms with E-state index >= 15 is 0 Å². The predicted molar refractivity (Wildman–Crippen MR) is 98.0 cm³/mol. The molecule has 1 heterocycles. The number of ether oxygens (including phenoxy) is 1. The number of carbonyl (C=O) groups excluding carboxylic acids is 2. The van der Waals surface area contributed by atoms with Gasteiger partial charge in [0.25, 0.3) is 5.91 Å². The Labute approximate surface area is 150 Å². The highest BCUT2D eigenvalue weighted by Crippen LogP contribution is 2.15. The van der Waals surface area contributed by atoms with Crippen molar-refractivity contribution >= 4 is 11.9 Å². The van der Waals surface area contributed by atoms with Crippen molar-refractivity contribution in [1.82, 2.24) is 15.1 Å². The van der Waals surface area contributed by atoms with Crippen molar-refractivity contribution in [2.24, 2.45) is 0 Å². The molecule has 1 fully saturated rings. The number of amides is 3. The minimum atomic E-state index is -0.0337. The van der Waals surface area contributed by atoms with Crippen LogP contribution in [0, 0.1) is 0 Å². The van der Waals surface area contributed by atoms with Crippen molar-refractivity contribution in [3.63, 3.8) is 0 Å². The lowest BCUT2D eigenvalue weighted by Gasteiger charge is -2.22. The van der Waals surface area contributed by atoms with Gasteiger partial charge in [-0.15, -0.1) is 0 Å². The van der Waals surface area contributed by atoms with Crippen molar-refractivity contribution in [3.05, 3.63) is 29.8 Å². The number of hydrogen-bond donors (Lipinski definition) is 1. The summed E-state index contributed by atoms with van der Waals surface area (Å²) in [6, 6.07) is 7.26. The molecule has 0 unspecified atom stereocenters. The van der Waals surface area contributed by atoms with Gasteiger partial charge in [-0.05, 0) is 43.5 Å². The van der Waals surface area contributed by atoms with Crippen LogP contribution in [0.1, 0.15) is 43.5 Å². The molecule has 1 N–H and O–H groups in total. The molecule has 6 nitrogen and oxygen atoms in total. The first-order valence-corrected chi connectivity index (χ1v) is 9.20. The third kappa shape index (κ3) is 5.66. The normalized spacial score (nSPS) is 14.8. The Hall–Kier alpha value is -2.24. The van der Waals surface area contributed by atoms with Gasteiger partial charge in [0.05, 0.1) is 6.61 Å². The molecule has 0 radical (unpaired) electrons. The summed E-state index contributed by atoms with van der Waals surface area (Å²) in [7, 11) is 0. The van der Waals surface area contributed by atoms with Crippen LogP contribution in [0.25, 0.3) is 0 Å². The van der Waals surface area contributed by atoms with E-state index in [1.807, 2.05) is 36.1 Å². The van der Waals surface area contributed by atoms with Gasteiger partial charge < -0.3 is 19.9 Å². The Kier molecular flexibility index (Phi) is 7.57. The molecule has 2 rings (SSSR count). The molecule has 0 bridgehead atoms. The van der Waals surface area contributed by atoms with Crippen LogP contribution >= 0.6 is 0 Å². The van der Waals surface area contributed by atoms with Crippen molar-refractivity contribution in [1.29, 1.82) is 0 Å². The van der Waals surface area contributed by atoms with E-state index in [1.165, 1.54) is 0 Å². The summed E-state index contributed by atoms with van der Waals surface area (Å²) in [5, 5.41) is 2.90. The van der Waals surface area contributed by atoms with Crippen LogP contribution in [-0.4, -0.2) is 61.1 Å². The van der Waals surface area contributed by atoms with Crippen LogP contribution in [0.15, 0.2) is 24.3 Å². The van der Waals surface area contributed by atoms with Crippen molar-refractivity contribution in [3.8, 4) is 5.75 Å². The second-order valence-electron chi connectivity index (χ2n) is 6.24. The van der Waals surface area contributed by atoms with E-state index < -0.39 is 0 Å². The molecule has 3 amide bonds. The third-order valence-corrected chi connectivity index (χ3v) is 4.17. The van der Waals surface area contributed by atoms with E-state index in [0.29, 0.717) is 44.9 Å². The molecular formula is C19H29N3O3. The molecular weight excluding hydrogens is 318 g/mol. The molecule has 1 aromatic carbocycles. The number of rotatable bonds is 6. The van der Waals surface area contributed by atoms with Gasteiger partial charge in [0.2, 0.25) is 0 Å². The zero-order chi connectivity index (χ0) is 18.1. The maximum absolute atomic E-state index is 12.7. The number of nitrogens with one attached hydrogen (secondary N) is 1. The predicted octanol–water partition coefficient (Wildman–Crippen LogP) is 2.74. The molecule has 138 valence electrons. The summed E-state index contributed by atoms with van der Waals surface area (Å²) in [5.41, 5.74) is 0.660. The first-order valence-electron chi connectivity index (χ1n) is 9.20. The lowest BCUT2D eigenvalue weighted by Crippen LogP contribution is -2.42. The van der Waals surface area contributed by atoms with E-state index in [1.54, 1.807) is 4.90 Å². The first kappa shape index (κ1) is 19.1. The molecule has 0 saturated carbocycles. The van der Waals surface area contributed by atoms with Gasteiger partial charge in [-0.3, -0.25) is 4.79 Å². The smallest absolute Gasteiger partial charge is 0.317 e. The maximum Gasteiger partial charge on any atom is 0.317 e. The molecule has 0 spiro atoms. The summed E-state index contributed by atoms with van der Waals surface area (Å²) in [5.74, 6) is 0.797. The van der Waals surface area contributed by atoms with Gasteiger partial charge in [0, 0.05) is 38.3 Å². The van der Waals surface area contributed by atoms with E-state index in [2.05, 4.69) is 12.2 Å². The second kappa shape index (κ2) is 9.91. The zero-order valence-electron chi connectivity index (χ0n) is 15.3. The molecule has 1 aromatic rings. The van der Waals surface area contributed by atoms with Gasteiger partial charge in [0.15, 0.2) is 0 Å². The van der Waals surface area contributed by atoms with Crippen molar-refractivity contribution < 1.29 is 14.3 Å². The largest absolute Gasteiger partial charge is 0.494 e. The molecule has 1 aliphatic heterocycles. The highest BCUT2D eigenvalue weighted by molar-refractivity contribution is 5.94. The van der Waals surface area contributed by atoms with E-state index in [9.17, 15) is 9.59 Å². The SMILES string of the molecule is CCCNC(=O)N1CCCN(C(=O)c2ccc(OCCC)cc2)CC1. The number of carbonyl (C=O) groups is 2. The van der Waals surface area contributed by atoms with Crippen LogP contribution in [0.2, 0.25) is 0 Å². The topological polar surface area (TPSA) is 61.9 Å². The van der Waals surface area contributed by atoms with Crippen LogP contribution < -0.4 is 10.1 Å². The van der Waals surface area contributed by atoms with Crippen LogP contribution in [-0.2, 0) is 0 Å². The summed E-state index contributed by atoms with van der Waals surface area (Å²) in [6.45, 7) is 7.93. The zero-order valence-corrected chi connectivity index (χ0v) is 15.3. The Morgan fingerprint density at radius 2 is 1.68 bits per heavy atom. The Morgan fingerprint density at radius 3 is 2.36 bits per heavy atom. The minimum Gasteiger partial charge on any atom is -0.494 e. The summed E-state index contributed by atoms with van der Waals surface area (Å²) >= 11 is 0. The summed E-state index contributed by atoms with van der Waals surface area (Å²) < 4.78 is 5.55. The molecule has 0 aliphatic carbocycles. The maximum atomic E-state index is 12.7. The van der Waals surface area contributed by atoms with Gasteiger partial charge in [-0.1, -0.05) is 13.8 Å². The average Bonchev–Trinajstić information content (AvgIpc) is 2.90.